The molecule has 0 atom stereocenters. The molecule has 0 radical (unpaired) electrons. The Morgan fingerprint density at radius 3 is 2.73 bits per heavy atom. The van der Waals surface area contributed by atoms with Crippen molar-refractivity contribution in [2.75, 3.05) is 17.7 Å². The molecule has 2 N–H and O–H groups in total. The Morgan fingerprint density at radius 1 is 1.35 bits per heavy atom. The van der Waals surface area contributed by atoms with Crippen molar-refractivity contribution in [3.63, 3.8) is 0 Å². The topological polar surface area (TPSA) is 117 Å². The molecular formula is C17H13BrN4O4. The molecule has 26 heavy (non-hydrogen) atoms. The molecule has 0 fully saturated rings. The third-order valence-electron chi connectivity index (χ3n) is 3.22. The van der Waals surface area contributed by atoms with Crippen molar-refractivity contribution in [2.45, 2.75) is 0 Å². The van der Waals surface area contributed by atoms with E-state index in [2.05, 4.69) is 26.6 Å². The lowest BCUT2D eigenvalue weighted by Crippen LogP contribution is -2.15. The highest BCUT2D eigenvalue weighted by atomic mass is 79.9. The fourth-order valence-electron chi connectivity index (χ4n) is 1.97. The number of amides is 1. The first-order valence-electron chi connectivity index (χ1n) is 7.20. The molecule has 0 aliphatic heterocycles. The van der Waals surface area contributed by atoms with Gasteiger partial charge < -0.3 is 15.4 Å². The van der Waals surface area contributed by atoms with E-state index in [9.17, 15) is 20.2 Å². The molecule has 2 aromatic rings. The van der Waals surface area contributed by atoms with Crippen molar-refractivity contribution < 1.29 is 14.5 Å². The SMILES string of the molecule is COc1cc([N+](=O)[O-])ccc1NC(=O)/C(C#N)=C\Nc1cccc(Br)c1. The van der Waals surface area contributed by atoms with Crippen LogP contribution < -0.4 is 15.4 Å². The van der Waals surface area contributed by atoms with E-state index in [4.69, 9.17) is 4.74 Å². The molecule has 0 spiro atoms. The minimum atomic E-state index is -0.679. The summed E-state index contributed by atoms with van der Waals surface area (Å²) in [4.78, 5) is 22.5. The van der Waals surface area contributed by atoms with Gasteiger partial charge in [0.15, 0.2) is 0 Å². The molecule has 0 saturated heterocycles. The minimum Gasteiger partial charge on any atom is -0.494 e. The lowest BCUT2D eigenvalue weighted by Gasteiger charge is -2.09. The summed E-state index contributed by atoms with van der Waals surface area (Å²) in [6.07, 6.45) is 1.27. The second-order valence-corrected chi connectivity index (χ2v) is 5.84. The molecule has 9 heteroatoms. The van der Waals surface area contributed by atoms with Crippen LogP contribution in [-0.4, -0.2) is 17.9 Å². The standard InChI is InChI=1S/C17H13BrN4O4/c1-26-16-8-14(22(24)25)5-6-15(16)21-17(23)11(9-19)10-20-13-4-2-3-12(18)7-13/h2-8,10,20H,1H3,(H,21,23)/b11-10-. The molecule has 1 amide bonds. The highest BCUT2D eigenvalue weighted by Crippen LogP contribution is 2.29. The van der Waals surface area contributed by atoms with Crippen LogP contribution in [0.1, 0.15) is 0 Å². The quantitative estimate of drug-likeness (QED) is 0.319. The summed E-state index contributed by atoms with van der Waals surface area (Å²) in [5.41, 5.74) is 0.553. The second kappa shape index (κ2) is 8.64. The van der Waals surface area contributed by atoms with Crippen LogP contribution in [0.25, 0.3) is 0 Å². The van der Waals surface area contributed by atoms with Gasteiger partial charge in [-0.05, 0) is 24.3 Å². The highest BCUT2D eigenvalue weighted by molar-refractivity contribution is 9.10. The van der Waals surface area contributed by atoms with Crippen molar-refractivity contribution >= 4 is 38.9 Å². The molecule has 2 rings (SSSR count). The first kappa shape index (κ1) is 19.0. The molecule has 2 aromatic carbocycles. The van der Waals surface area contributed by atoms with Crippen molar-refractivity contribution in [3.05, 3.63) is 68.8 Å². The fraction of sp³-hybridized carbons (Fsp3) is 0.0588. The normalized spacial score (nSPS) is 10.6. The number of benzene rings is 2. The highest BCUT2D eigenvalue weighted by Gasteiger charge is 2.15. The molecule has 0 heterocycles. The Bertz CT molecular complexity index is 921. The predicted octanol–water partition coefficient (Wildman–Crippen LogP) is 3.82. The summed E-state index contributed by atoms with van der Waals surface area (Å²) in [6.45, 7) is 0. The number of anilines is 2. The van der Waals surface area contributed by atoms with E-state index in [1.807, 2.05) is 6.07 Å². The molecule has 0 unspecified atom stereocenters. The van der Waals surface area contributed by atoms with Crippen molar-refractivity contribution in [1.82, 2.24) is 0 Å². The zero-order chi connectivity index (χ0) is 19.1. The summed E-state index contributed by atoms with van der Waals surface area (Å²) in [6, 6.07) is 12.7. The zero-order valence-electron chi connectivity index (χ0n) is 13.5. The van der Waals surface area contributed by atoms with E-state index >= 15 is 0 Å². The van der Waals surface area contributed by atoms with Crippen molar-refractivity contribution in [2.24, 2.45) is 0 Å². The van der Waals surface area contributed by atoms with Gasteiger partial charge >= 0.3 is 0 Å². The average Bonchev–Trinajstić information content (AvgIpc) is 2.62. The van der Waals surface area contributed by atoms with Gasteiger partial charge in [-0.2, -0.15) is 5.26 Å². The Kier molecular flexibility index (Phi) is 6.30. The summed E-state index contributed by atoms with van der Waals surface area (Å²) in [5.74, 6) is -0.563. The number of rotatable bonds is 6. The summed E-state index contributed by atoms with van der Waals surface area (Å²) < 4.78 is 5.89. The zero-order valence-corrected chi connectivity index (χ0v) is 15.1. The van der Waals surface area contributed by atoms with Crippen LogP contribution in [0.5, 0.6) is 5.75 Å². The third-order valence-corrected chi connectivity index (χ3v) is 3.71. The largest absolute Gasteiger partial charge is 0.494 e. The summed E-state index contributed by atoms with van der Waals surface area (Å²) in [5, 5.41) is 25.4. The van der Waals surface area contributed by atoms with Crippen molar-refractivity contribution in [1.29, 1.82) is 5.26 Å². The number of nitriles is 1. The number of non-ortho nitro benzene ring substituents is 1. The van der Waals surface area contributed by atoms with Crippen LogP contribution in [0.2, 0.25) is 0 Å². The molecular weight excluding hydrogens is 404 g/mol. The van der Waals surface area contributed by atoms with Gasteiger partial charge in [0, 0.05) is 22.4 Å². The summed E-state index contributed by atoms with van der Waals surface area (Å²) in [7, 11) is 1.32. The van der Waals surface area contributed by atoms with E-state index < -0.39 is 10.8 Å². The number of ether oxygens (including phenoxy) is 1. The Labute approximate surface area is 157 Å². The van der Waals surface area contributed by atoms with Crippen LogP contribution in [0.3, 0.4) is 0 Å². The number of carbonyl (C=O) groups excluding carboxylic acids is 1. The van der Waals surface area contributed by atoms with Gasteiger partial charge in [-0.15, -0.1) is 0 Å². The Balaban J connectivity index is 2.18. The molecule has 132 valence electrons. The van der Waals surface area contributed by atoms with Gasteiger partial charge in [0.25, 0.3) is 11.6 Å². The number of nitro benzene ring substituents is 1. The van der Waals surface area contributed by atoms with Gasteiger partial charge in [-0.25, -0.2) is 0 Å². The number of nitrogens with zero attached hydrogens (tertiary/aromatic N) is 2. The first-order chi connectivity index (χ1) is 12.4. The number of nitrogens with one attached hydrogen (secondary N) is 2. The van der Waals surface area contributed by atoms with Crippen LogP contribution in [0.4, 0.5) is 17.1 Å². The van der Waals surface area contributed by atoms with Crippen molar-refractivity contribution in [3.8, 4) is 11.8 Å². The predicted molar refractivity (Wildman–Crippen MR) is 99.7 cm³/mol. The number of halogens is 1. The van der Waals surface area contributed by atoms with Gasteiger partial charge in [0.1, 0.15) is 17.4 Å². The fourth-order valence-corrected chi connectivity index (χ4v) is 2.37. The maximum Gasteiger partial charge on any atom is 0.273 e. The maximum absolute atomic E-state index is 12.3. The lowest BCUT2D eigenvalue weighted by molar-refractivity contribution is -0.384. The van der Waals surface area contributed by atoms with E-state index in [1.54, 1.807) is 24.3 Å². The number of hydrogen-bond donors (Lipinski definition) is 2. The van der Waals surface area contributed by atoms with E-state index in [0.29, 0.717) is 5.69 Å². The third kappa shape index (κ3) is 4.81. The number of nitro groups is 1. The Hall–Kier alpha value is -3.38. The number of hydrogen-bond acceptors (Lipinski definition) is 6. The van der Waals surface area contributed by atoms with Crippen LogP contribution in [-0.2, 0) is 4.79 Å². The van der Waals surface area contributed by atoms with Crippen LogP contribution in [0.15, 0.2) is 58.7 Å². The molecule has 0 aromatic heterocycles. The summed E-state index contributed by atoms with van der Waals surface area (Å²) >= 11 is 3.32. The van der Waals surface area contributed by atoms with E-state index in [0.717, 1.165) is 4.47 Å². The molecule has 8 nitrogen and oxygen atoms in total. The van der Waals surface area contributed by atoms with Gasteiger partial charge in [0.05, 0.1) is 23.8 Å². The molecule has 0 bridgehead atoms. The smallest absolute Gasteiger partial charge is 0.273 e. The lowest BCUT2D eigenvalue weighted by atomic mass is 10.2. The molecule has 0 saturated carbocycles. The second-order valence-electron chi connectivity index (χ2n) is 4.92. The van der Waals surface area contributed by atoms with Gasteiger partial charge in [-0.3, -0.25) is 14.9 Å². The molecule has 0 aliphatic carbocycles. The van der Waals surface area contributed by atoms with E-state index in [1.165, 1.54) is 31.5 Å². The van der Waals surface area contributed by atoms with Gasteiger partial charge in [0.2, 0.25) is 0 Å². The van der Waals surface area contributed by atoms with Gasteiger partial charge in [-0.1, -0.05) is 22.0 Å². The first-order valence-corrected chi connectivity index (χ1v) is 8.00. The van der Waals surface area contributed by atoms with Crippen LogP contribution >= 0.6 is 15.9 Å². The van der Waals surface area contributed by atoms with E-state index in [-0.39, 0.29) is 22.7 Å². The molecule has 0 aliphatic rings. The number of methoxy groups -OCH3 is 1. The van der Waals surface area contributed by atoms with Crippen LogP contribution in [0, 0.1) is 21.4 Å². The minimum absolute atomic E-state index is 0.116. The maximum atomic E-state index is 12.3. The monoisotopic (exact) mass is 416 g/mol. The Morgan fingerprint density at radius 2 is 2.12 bits per heavy atom. The number of carbonyl (C=O) groups is 1. The average molecular weight is 417 g/mol.